The van der Waals surface area contributed by atoms with E-state index in [0.29, 0.717) is 27.5 Å². The molecular formula is C25H17ClO6. The van der Waals surface area contributed by atoms with Crippen molar-refractivity contribution in [1.82, 2.24) is 0 Å². The minimum Gasteiger partial charge on any atom is -0.465 e. The molecule has 0 aromatic heterocycles. The topological polar surface area (TPSA) is 78.9 Å². The van der Waals surface area contributed by atoms with Crippen molar-refractivity contribution < 1.29 is 28.6 Å². The molecule has 6 nitrogen and oxygen atoms in total. The van der Waals surface area contributed by atoms with Crippen LogP contribution in [0.4, 0.5) is 0 Å². The van der Waals surface area contributed by atoms with E-state index in [2.05, 4.69) is 4.74 Å². The molecule has 1 heterocycles. The fourth-order valence-corrected chi connectivity index (χ4v) is 3.28. The molecule has 1 aliphatic heterocycles. The minimum atomic E-state index is -0.446. The van der Waals surface area contributed by atoms with Gasteiger partial charge >= 0.3 is 11.9 Å². The average Bonchev–Trinajstić information content (AvgIpc) is 3.09. The number of Topliss-reactive ketones (excluding diaryl/α,β-unsaturated/α-hetero) is 1. The van der Waals surface area contributed by atoms with Gasteiger partial charge in [-0.05, 0) is 53.6 Å². The molecule has 0 bridgehead atoms. The van der Waals surface area contributed by atoms with Gasteiger partial charge in [0.1, 0.15) is 11.5 Å². The zero-order valence-corrected chi connectivity index (χ0v) is 17.7. The van der Waals surface area contributed by atoms with Gasteiger partial charge < -0.3 is 14.2 Å². The highest BCUT2D eigenvalue weighted by atomic mass is 35.5. The summed E-state index contributed by atoms with van der Waals surface area (Å²) in [6.07, 6.45) is 1.66. The molecule has 0 N–H and O–H groups in total. The van der Waals surface area contributed by atoms with Crippen molar-refractivity contribution in [3.05, 3.63) is 99.8 Å². The normalized spacial score (nSPS) is 13.4. The third-order valence-electron chi connectivity index (χ3n) is 4.76. The van der Waals surface area contributed by atoms with Gasteiger partial charge in [-0.3, -0.25) is 9.59 Å². The van der Waals surface area contributed by atoms with Crippen LogP contribution in [0.15, 0.2) is 72.5 Å². The number of carbonyl (C=O) groups excluding carboxylic acids is 3. The largest absolute Gasteiger partial charge is 0.465 e. The van der Waals surface area contributed by atoms with Crippen molar-refractivity contribution in [3.8, 4) is 11.5 Å². The van der Waals surface area contributed by atoms with Gasteiger partial charge in [-0.1, -0.05) is 35.9 Å². The molecule has 0 amide bonds. The van der Waals surface area contributed by atoms with Crippen LogP contribution in [0.25, 0.3) is 6.08 Å². The van der Waals surface area contributed by atoms with Gasteiger partial charge in [0.05, 0.1) is 24.7 Å². The number of allylic oxidation sites excluding steroid dienone is 1. The van der Waals surface area contributed by atoms with E-state index < -0.39 is 11.9 Å². The van der Waals surface area contributed by atoms with E-state index in [4.69, 9.17) is 21.1 Å². The number of hydrogen-bond donors (Lipinski definition) is 0. The molecule has 1 aliphatic rings. The van der Waals surface area contributed by atoms with E-state index >= 15 is 0 Å². The molecule has 0 fully saturated rings. The number of ether oxygens (including phenoxy) is 3. The molecule has 4 rings (SSSR count). The second kappa shape index (κ2) is 9.08. The molecule has 7 heteroatoms. The van der Waals surface area contributed by atoms with E-state index in [-0.39, 0.29) is 23.7 Å². The van der Waals surface area contributed by atoms with E-state index in [1.54, 1.807) is 66.7 Å². The number of esters is 2. The SMILES string of the molecule is COC(=O)c1ccc(/C=C2\Oc3cc(OC(=O)Cc4ccc(Cl)cc4)ccc3C2=O)cc1. The first kappa shape index (κ1) is 21.3. The van der Waals surface area contributed by atoms with Gasteiger partial charge in [-0.2, -0.15) is 0 Å². The Hall–Kier alpha value is -3.90. The zero-order valence-electron chi connectivity index (χ0n) is 17.0. The van der Waals surface area contributed by atoms with Crippen LogP contribution in [-0.2, 0) is 16.0 Å². The van der Waals surface area contributed by atoms with Crippen LogP contribution in [0.3, 0.4) is 0 Å². The molecule has 0 aliphatic carbocycles. The smallest absolute Gasteiger partial charge is 0.337 e. The second-order valence-electron chi connectivity index (χ2n) is 6.99. The lowest BCUT2D eigenvalue weighted by Gasteiger charge is -2.06. The van der Waals surface area contributed by atoms with Crippen LogP contribution >= 0.6 is 11.6 Å². The molecule has 0 saturated heterocycles. The van der Waals surface area contributed by atoms with Gasteiger partial charge in [0, 0.05) is 11.1 Å². The van der Waals surface area contributed by atoms with Crippen molar-refractivity contribution in [2.75, 3.05) is 7.11 Å². The van der Waals surface area contributed by atoms with Crippen LogP contribution < -0.4 is 9.47 Å². The Morgan fingerprint density at radius 2 is 1.72 bits per heavy atom. The van der Waals surface area contributed by atoms with E-state index in [0.717, 1.165) is 5.56 Å². The third kappa shape index (κ3) is 4.71. The zero-order chi connectivity index (χ0) is 22.7. The summed E-state index contributed by atoms with van der Waals surface area (Å²) in [5.41, 5.74) is 2.24. The Bertz CT molecular complexity index is 1230. The number of benzene rings is 3. The van der Waals surface area contributed by atoms with E-state index in [9.17, 15) is 14.4 Å². The first-order chi connectivity index (χ1) is 15.4. The lowest BCUT2D eigenvalue weighted by Crippen LogP contribution is -2.11. The summed E-state index contributed by atoms with van der Waals surface area (Å²) in [6, 6.07) is 18.1. The highest BCUT2D eigenvalue weighted by Gasteiger charge is 2.28. The van der Waals surface area contributed by atoms with Gasteiger partial charge in [-0.25, -0.2) is 4.79 Å². The molecular weight excluding hydrogens is 432 g/mol. The predicted octanol–water partition coefficient (Wildman–Crippen LogP) is 4.89. The maximum atomic E-state index is 12.6. The van der Waals surface area contributed by atoms with Crippen molar-refractivity contribution in [1.29, 1.82) is 0 Å². The van der Waals surface area contributed by atoms with Crippen molar-refractivity contribution >= 4 is 35.4 Å². The molecule has 32 heavy (non-hydrogen) atoms. The monoisotopic (exact) mass is 448 g/mol. The van der Waals surface area contributed by atoms with Crippen LogP contribution in [0.2, 0.25) is 5.02 Å². The Kier molecular flexibility index (Phi) is 6.05. The van der Waals surface area contributed by atoms with Crippen LogP contribution in [-0.4, -0.2) is 24.8 Å². The summed E-state index contributed by atoms with van der Waals surface area (Å²) in [4.78, 5) is 36.4. The summed E-state index contributed by atoms with van der Waals surface area (Å²) in [6.45, 7) is 0. The fourth-order valence-electron chi connectivity index (χ4n) is 3.15. The number of ketones is 1. The van der Waals surface area contributed by atoms with Crippen molar-refractivity contribution in [2.45, 2.75) is 6.42 Å². The molecule has 0 atom stereocenters. The van der Waals surface area contributed by atoms with E-state index in [1.807, 2.05) is 0 Å². The molecule has 3 aromatic carbocycles. The second-order valence-corrected chi connectivity index (χ2v) is 7.43. The van der Waals surface area contributed by atoms with Gasteiger partial charge in [0.2, 0.25) is 5.78 Å². The van der Waals surface area contributed by atoms with Gasteiger partial charge in [-0.15, -0.1) is 0 Å². The summed E-state index contributed by atoms with van der Waals surface area (Å²) < 4.78 is 15.7. The number of halogens is 1. The predicted molar refractivity (Wildman–Crippen MR) is 118 cm³/mol. The first-order valence-electron chi connectivity index (χ1n) is 9.65. The third-order valence-corrected chi connectivity index (χ3v) is 5.02. The minimum absolute atomic E-state index is 0.0841. The van der Waals surface area contributed by atoms with Crippen LogP contribution in [0, 0.1) is 0 Å². The molecule has 0 spiro atoms. The summed E-state index contributed by atoms with van der Waals surface area (Å²) in [7, 11) is 1.31. The average molecular weight is 449 g/mol. The Balaban J connectivity index is 1.46. The molecule has 160 valence electrons. The maximum absolute atomic E-state index is 12.6. The number of carbonyl (C=O) groups is 3. The molecule has 0 saturated carbocycles. The van der Waals surface area contributed by atoms with Crippen LogP contribution in [0.5, 0.6) is 11.5 Å². The fraction of sp³-hybridized carbons (Fsp3) is 0.0800. The number of methoxy groups -OCH3 is 1. The maximum Gasteiger partial charge on any atom is 0.337 e. The van der Waals surface area contributed by atoms with E-state index in [1.165, 1.54) is 13.2 Å². The Morgan fingerprint density at radius 3 is 2.41 bits per heavy atom. The highest BCUT2D eigenvalue weighted by Crippen LogP contribution is 2.35. The van der Waals surface area contributed by atoms with Gasteiger partial charge in [0.15, 0.2) is 5.76 Å². The lowest BCUT2D eigenvalue weighted by molar-refractivity contribution is -0.133. The number of fused-ring (bicyclic) bond motifs is 1. The molecule has 0 unspecified atom stereocenters. The number of hydrogen-bond acceptors (Lipinski definition) is 6. The van der Waals surface area contributed by atoms with Crippen molar-refractivity contribution in [3.63, 3.8) is 0 Å². The van der Waals surface area contributed by atoms with Crippen molar-refractivity contribution in [2.24, 2.45) is 0 Å². The van der Waals surface area contributed by atoms with Gasteiger partial charge in [0.25, 0.3) is 0 Å². The lowest BCUT2D eigenvalue weighted by atomic mass is 10.1. The summed E-state index contributed by atoms with van der Waals surface area (Å²) in [5, 5.41) is 0.589. The number of rotatable bonds is 5. The highest BCUT2D eigenvalue weighted by molar-refractivity contribution is 6.30. The summed E-state index contributed by atoms with van der Waals surface area (Å²) in [5.74, 6) is -0.448. The van der Waals surface area contributed by atoms with Crippen LogP contribution in [0.1, 0.15) is 31.8 Å². The quantitative estimate of drug-likeness (QED) is 0.314. The standard InChI is InChI=1S/C25H17ClO6/c1-30-25(29)17-6-2-15(3-7-17)12-22-24(28)20-11-10-19(14-21(20)32-22)31-23(27)13-16-4-8-18(26)9-5-16/h2-12,14H,13H2,1H3/b22-12-. The first-order valence-corrected chi connectivity index (χ1v) is 10.0. The Labute approximate surface area is 189 Å². The Morgan fingerprint density at radius 1 is 1.00 bits per heavy atom. The molecule has 3 aromatic rings. The molecule has 0 radical (unpaired) electrons. The summed E-state index contributed by atoms with van der Waals surface area (Å²) >= 11 is 5.85.